The number of aliphatic imine (C=N–C) groups is 1. The number of hydrogen-bond acceptors (Lipinski definition) is 3. The first-order valence-corrected chi connectivity index (χ1v) is 8.86. The van der Waals surface area contributed by atoms with Crippen LogP contribution in [-0.4, -0.2) is 47.9 Å². The maximum absolute atomic E-state index is 5.19. The molecule has 6 nitrogen and oxygen atoms in total. The van der Waals surface area contributed by atoms with Crippen LogP contribution in [-0.2, 0) is 6.54 Å². The van der Waals surface area contributed by atoms with Crippen LogP contribution in [0.2, 0.25) is 0 Å². The lowest BCUT2D eigenvalue weighted by molar-refractivity contribution is 0.414. The summed E-state index contributed by atoms with van der Waals surface area (Å²) in [6.45, 7) is 6.70. The first kappa shape index (κ1) is 22.3. The van der Waals surface area contributed by atoms with Crippen LogP contribution >= 0.6 is 24.0 Å². The molecule has 0 atom stereocenters. The molecule has 7 heteroatoms. The Morgan fingerprint density at radius 2 is 1.96 bits per heavy atom. The number of halogens is 1. The summed E-state index contributed by atoms with van der Waals surface area (Å²) in [4.78, 5) is 6.88. The molecule has 0 saturated heterocycles. The average Bonchev–Trinajstić information content (AvgIpc) is 3.12. The van der Waals surface area contributed by atoms with Crippen molar-refractivity contribution in [2.24, 2.45) is 4.99 Å². The normalized spacial score (nSPS) is 11.0. The number of nitrogens with one attached hydrogen (secondary N) is 1. The second kappa shape index (κ2) is 11.8. The van der Waals surface area contributed by atoms with Gasteiger partial charge >= 0.3 is 0 Å². The number of aromatic nitrogens is 2. The van der Waals surface area contributed by atoms with E-state index in [0.29, 0.717) is 6.54 Å². The van der Waals surface area contributed by atoms with Crippen LogP contribution in [0.4, 0.5) is 0 Å². The Morgan fingerprint density at radius 1 is 1.23 bits per heavy atom. The Labute approximate surface area is 173 Å². The Hall–Kier alpha value is -1.77. The Kier molecular flexibility index (Phi) is 10.1. The number of ether oxygens (including phenoxy) is 1. The minimum Gasteiger partial charge on any atom is -0.497 e. The zero-order valence-corrected chi connectivity index (χ0v) is 18.4. The van der Waals surface area contributed by atoms with Crippen molar-refractivity contribution in [3.05, 3.63) is 42.2 Å². The van der Waals surface area contributed by atoms with E-state index >= 15 is 0 Å². The summed E-state index contributed by atoms with van der Waals surface area (Å²) in [5.74, 6) is 1.76. The summed E-state index contributed by atoms with van der Waals surface area (Å²) in [6.07, 6.45) is 4.30. The lowest BCUT2D eigenvalue weighted by Gasteiger charge is -2.21. The van der Waals surface area contributed by atoms with E-state index in [1.165, 1.54) is 6.42 Å². The predicted octanol–water partition coefficient (Wildman–Crippen LogP) is 3.70. The molecule has 0 spiro atoms. The highest BCUT2D eigenvalue weighted by Crippen LogP contribution is 2.14. The van der Waals surface area contributed by atoms with Crippen molar-refractivity contribution in [3.8, 4) is 11.4 Å². The third-order valence-electron chi connectivity index (χ3n) is 3.92. The van der Waals surface area contributed by atoms with Gasteiger partial charge < -0.3 is 15.0 Å². The molecule has 0 radical (unpaired) electrons. The summed E-state index contributed by atoms with van der Waals surface area (Å²) >= 11 is 0. The fraction of sp³-hybridized carbons (Fsp3) is 0.474. The Bertz CT molecular complexity index is 669. The van der Waals surface area contributed by atoms with E-state index in [9.17, 15) is 0 Å². The molecule has 0 aliphatic rings. The van der Waals surface area contributed by atoms with Gasteiger partial charge in [0.2, 0.25) is 0 Å². The number of methoxy groups -OCH3 is 1. The summed E-state index contributed by atoms with van der Waals surface area (Å²) in [5, 5.41) is 7.95. The van der Waals surface area contributed by atoms with Gasteiger partial charge in [-0.2, -0.15) is 5.10 Å². The molecule has 0 amide bonds. The first-order valence-electron chi connectivity index (χ1n) is 8.86. The van der Waals surface area contributed by atoms with Gasteiger partial charge in [-0.25, -0.2) is 9.67 Å². The van der Waals surface area contributed by atoms with Gasteiger partial charge in [-0.1, -0.05) is 13.3 Å². The summed E-state index contributed by atoms with van der Waals surface area (Å²) in [5.41, 5.74) is 1.94. The molecule has 1 heterocycles. The van der Waals surface area contributed by atoms with Crippen LogP contribution in [0.5, 0.6) is 5.75 Å². The van der Waals surface area contributed by atoms with Crippen molar-refractivity contribution in [1.29, 1.82) is 0 Å². The molecule has 26 heavy (non-hydrogen) atoms. The topological polar surface area (TPSA) is 54.7 Å². The third-order valence-corrected chi connectivity index (χ3v) is 3.92. The van der Waals surface area contributed by atoms with Gasteiger partial charge in [-0.05, 0) is 43.7 Å². The van der Waals surface area contributed by atoms with E-state index in [1.807, 2.05) is 41.2 Å². The Balaban J connectivity index is 0.00000338. The van der Waals surface area contributed by atoms with Gasteiger partial charge in [-0.3, -0.25) is 0 Å². The monoisotopic (exact) mass is 471 g/mol. The van der Waals surface area contributed by atoms with E-state index in [0.717, 1.165) is 42.6 Å². The SMILES string of the molecule is CCCCN(C)C(=NCc1ccn(-c2ccc(OC)cc2)n1)NCC.I. The summed E-state index contributed by atoms with van der Waals surface area (Å²) in [7, 11) is 3.74. The molecular formula is C19H30IN5O. The molecule has 2 rings (SSSR count). The van der Waals surface area contributed by atoms with E-state index in [4.69, 9.17) is 9.73 Å². The smallest absolute Gasteiger partial charge is 0.194 e. The van der Waals surface area contributed by atoms with Crippen molar-refractivity contribution < 1.29 is 4.74 Å². The van der Waals surface area contributed by atoms with Gasteiger partial charge in [0.15, 0.2) is 5.96 Å². The summed E-state index contributed by atoms with van der Waals surface area (Å²) in [6, 6.07) is 9.84. The van der Waals surface area contributed by atoms with Crippen molar-refractivity contribution in [1.82, 2.24) is 20.0 Å². The van der Waals surface area contributed by atoms with Gasteiger partial charge in [0.1, 0.15) is 5.75 Å². The number of unbranched alkanes of at least 4 members (excludes halogenated alkanes) is 1. The van der Waals surface area contributed by atoms with Crippen LogP contribution < -0.4 is 10.1 Å². The molecule has 0 bridgehead atoms. The highest BCUT2D eigenvalue weighted by Gasteiger charge is 2.06. The highest BCUT2D eigenvalue weighted by atomic mass is 127. The van der Waals surface area contributed by atoms with Gasteiger partial charge in [-0.15, -0.1) is 24.0 Å². The van der Waals surface area contributed by atoms with E-state index in [2.05, 4.69) is 36.2 Å². The molecule has 1 N–H and O–H groups in total. The van der Waals surface area contributed by atoms with Crippen molar-refractivity contribution in [2.45, 2.75) is 33.2 Å². The molecule has 0 unspecified atom stereocenters. The van der Waals surface area contributed by atoms with Crippen LogP contribution in [0.25, 0.3) is 5.69 Å². The van der Waals surface area contributed by atoms with Crippen molar-refractivity contribution >= 4 is 29.9 Å². The highest BCUT2D eigenvalue weighted by molar-refractivity contribution is 14.0. The van der Waals surface area contributed by atoms with Crippen LogP contribution in [0.15, 0.2) is 41.5 Å². The van der Waals surface area contributed by atoms with Gasteiger partial charge in [0.25, 0.3) is 0 Å². The van der Waals surface area contributed by atoms with Crippen LogP contribution in [0.3, 0.4) is 0 Å². The predicted molar refractivity (Wildman–Crippen MR) is 118 cm³/mol. The molecule has 0 fully saturated rings. The third kappa shape index (κ3) is 6.51. The second-order valence-electron chi connectivity index (χ2n) is 5.89. The van der Waals surface area contributed by atoms with E-state index in [-0.39, 0.29) is 24.0 Å². The van der Waals surface area contributed by atoms with Crippen LogP contribution in [0, 0.1) is 0 Å². The van der Waals surface area contributed by atoms with Crippen LogP contribution in [0.1, 0.15) is 32.4 Å². The Morgan fingerprint density at radius 3 is 2.58 bits per heavy atom. The van der Waals surface area contributed by atoms with Crippen molar-refractivity contribution in [2.75, 3.05) is 27.2 Å². The largest absolute Gasteiger partial charge is 0.497 e. The number of rotatable bonds is 8. The molecule has 2 aromatic rings. The molecule has 0 aliphatic heterocycles. The molecule has 1 aromatic carbocycles. The minimum atomic E-state index is 0. The number of hydrogen-bond donors (Lipinski definition) is 1. The maximum atomic E-state index is 5.19. The zero-order chi connectivity index (χ0) is 18.1. The lowest BCUT2D eigenvalue weighted by Crippen LogP contribution is -2.39. The standard InChI is InChI=1S/C19H29N5O.HI/c1-5-7-13-23(3)19(20-6-2)21-15-16-12-14-24(22-16)17-8-10-18(25-4)11-9-17;/h8-12,14H,5-7,13,15H2,1-4H3,(H,20,21);1H. The number of benzene rings is 1. The van der Waals surface area contributed by atoms with Crippen molar-refractivity contribution in [3.63, 3.8) is 0 Å². The molecule has 0 aliphatic carbocycles. The zero-order valence-electron chi connectivity index (χ0n) is 16.1. The van der Waals surface area contributed by atoms with Gasteiger partial charge in [0.05, 0.1) is 25.0 Å². The lowest BCUT2D eigenvalue weighted by atomic mass is 10.3. The maximum Gasteiger partial charge on any atom is 0.194 e. The number of nitrogens with zero attached hydrogens (tertiary/aromatic N) is 4. The number of guanidine groups is 1. The molecule has 1 aromatic heterocycles. The average molecular weight is 471 g/mol. The molecule has 0 saturated carbocycles. The van der Waals surface area contributed by atoms with Gasteiger partial charge in [0, 0.05) is 26.3 Å². The fourth-order valence-electron chi connectivity index (χ4n) is 2.45. The first-order chi connectivity index (χ1) is 12.2. The quantitative estimate of drug-likeness (QED) is 0.363. The molecule has 144 valence electrons. The minimum absolute atomic E-state index is 0. The van der Waals surface area contributed by atoms with E-state index < -0.39 is 0 Å². The van der Waals surface area contributed by atoms with E-state index in [1.54, 1.807) is 7.11 Å². The summed E-state index contributed by atoms with van der Waals surface area (Å²) < 4.78 is 7.05. The molecular weight excluding hydrogens is 441 g/mol. The second-order valence-corrected chi connectivity index (χ2v) is 5.89. The fourth-order valence-corrected chi connectivity index (χ4v) is 2.45.